The van der Waals surface area contributed by atoms with Gasteiger partial charge in [0.2, 0.25) is 5.91 Å². The molecule has 2 fully saturated rings. The molecule has 0 aromatic carbocycles. The van der Waals surface area contributed by atoms with Crippen LogP contribution in [-0.2, 0) is 4.79 Å². The maximum atomic E-state index is 11.3. The Hall–Kier alpha value is -0.610. The summed E-state index contributed by atoms with van der Waals surface area (Å²) in [7, 11) is 0. The molecule has 0 atom stereocenters. The first-order chi connectivity index (χ1) is 5.12. The Kier molecular flexibility index (Phi) is 1.25. The molecule has 1 heterocycles. The van der Waals surface area contributed by atoms with E-state index < -0.39 is 5.54 Å². The molecule has 0 spiro atoms. The van der Waals surface area contributed by atoms with E-state index in [0.29, 0.717) is 13.1 Å². The van der Waals surface area contributed by atoms with E-state index in [1.807, 2.05) is 0 Å². The van der Waals surface area contributed by atoms with Gasteiger partial charge >= 0.3 is 0 Å². The third-order valence-corrected chi connectivity index (χ3v) is 2.36. The molecule has 0 aromatic heterocycles. The molecule has 62 valence electrons. The molecule has 4 heteroatoms. The minimum Gasteiger partial charge on any atom is -0.389 e. The van der Waals surface area contributed by atoms with E-state index in [1.165, 1.54) is 0 Å². The van der Waals surface area contributed by atoms with E-state index >= 15 is 0 Å². The first-order valence-corrected chi connectivity index (χ1v) is 3.88. The largest absolute Gasteiger partial charge is 0.389 e. The van der Waals surface area contributed by atoms with Crippen molar-refractivity contribution in [2.24, 2.45) is 5.73 Å². The van der Waals surface area contributed by atoms with Crippen molar-refractivity contribution in [1.29, 1.82) is 0 Å². The predicted molar refractivity (Wildman–Crippen MR) is 38.7 cm³/mol. The van der Waals surface area contributed by atoms with Crippen LogP contribution in [0.1, 0.15) is 12.8 Å². The molecule has 11 heavy (non-hydrogen) atoms. The van der Waals surface area contributed by atoms with Crippen LogP contribution in [0.5, 0.6) is 0 Å². The van der Waals surface area contributed by atoms with Crippen LogP contribution in [0.4, 0.5) is 0 Å². The van der Waals surface area contributed by atoms with Gasteiger partial charge in [-0.05, 0) is 12.8 Å². The standard InChI is InChI=1S/C7H12N2O2/c8-7(1-2-7)6(11)9-3-5(10)4-9/h5,10H,1-4,8H2. The monoisotopic (exact) mass is 156 g/mol. The zero-order valence-corrected chi connectivity index (χ0v) is 6.29. The van der Waals surface area contributed by atoms with Gasteiger partial charge in [0.1, 0.15) is 0 Å². The van der Waals surface area contributed by atoms with Gasteiger partial charge in [0.25, 0.3) is 0 Å². The second-order valence-corrected chi connectivity index (χ2v) is 3.52. The fourth-order valence-electron chi connectivity index (χ4n) is 1.28. The van der Waals surface area contributed by atoms with Crippen molar-refractivity contribution in [2.75, 3.05) is 13.1 Å². The van der Waals surface area contributed by atoms with Crippen molar-refractivity contribution in [2.45, 2.75) is 24.5 Å². The molecule has 3 N–H and O–H groups in total. The highest BCUT2D eigenvalue weighted by molar-refractivity contribution is 5.89. The molecule has 0 radical (unpaired) electrons. The summed E-state index contributed by atoms with van der Waals surface area (Å²) < 4.78 is 0. The van der Waals surface area contributed by atoms with Gasteiger partial charge in [-0.1, -0.05) is 0 Å². The third kappa shape index (κ3) is 1.02. The number of aliphatic hydroxyl groups excluding tert-OH is 1. The van der Waals surface area contributed by atoms with E-state index in [9.17, 15) is 4.79 Å². The van der Waals surface area contributed by atoms with Crippen molar-refractivity contribution in [3.63, 3.8) is 0 Å². The highest BCUT2D eigenvalue weighted by Gasteiger charge is 2.50. The van der Waals surface area contributed by atoms with E-state index in [-0.39, 0.29) is 12.0 Å². The normalized spacial score (nSPS) is 28.0. The first kappa shape index (κ1) is 7.06. The molecule has 0 unspecified atom stereocenters. The number of aliphatic hydroxyl groups is 1. The summed E-state index contributed by atoms with van der Waals surface area (Å²) in [5.74, 6) is 0.0165. The van der Waals surface area contributed by atoms with Gasteiger partial charge < -0.3 is 15.7 Å². The molecule has 0 bridgehead atoms. The summed E-state index contributed by atoms with van der Waals surface area (Å²) in [5.41, 5.74) is 5.12. The van der Waals surface area contributed by atoms with E-state index in [1.54, 1.807) is 4.90 Å². The maximum Gasteiger partial charge on any atom is 0.242 e. The number of rotatable bonds is 1. The Morgan fingerprint density at radius 2 is 2.09 bits per heavy atom. The van der Waals surface area contributed by atoms with E-state index in [0.717, 1.165) is 12.8 Å². The smallest absolute Gasteiger partial charge is 0.242 e. The molecule has 1 saturated heterocycles. The van der Waals surface area contributed by atoms with Crippen molar-refractivity contribution in [3.05, 3.63) is 0 Å². The fourth-order valence-corrected chi connectivity index (χ4v) is 1.28. The number of likely N-dealkylation sites (tertiary alicyclic amines) is 1. The van der Waals surface area contributed by atoms with Crippen LogP contribution in [0, 0.1) is 0 Å². The number of carbonyl (C=O) groups is 1. The topological polar surface area (TPSA) is 66.6 Å². The molecular formula is C7H12N2O2. The molecular weight excluding hydrogens is 144 g/mol. The SMILES string of the molecule is NC1(C(=O)N2CC(O)C2)CC1. The van der Waals surface area contributed by atoms with Crippen molar-refractivity contribution in [3.8, 4) is 0 Å². The van der Waals surface area contributed by atoms with Crippen LogP contribution < -0.4 is 5.73 Å². The Morgan fingerprint density at radius 3 is 2.45 bits per heavy atom. The number of amides is 1. The van der Waals surface area contributed by atoms with E-state index in [4.69, 9.17) is 10.8 Å². The number of hydrogen-bond donors (Lipinski definition) is 2. The lowest BCUT2D eigenvalue weighted by molar-refractivity contribution is -0.143. The second kappa shape index (κ2) is 1.95. The summed E-state index contributed by atoms with van der Waals surface area (Å²) in [6.45, 7) is 0.940. The van der Waals surface area contributed by atoms with Gasteiger partial charge in [0.05, 0.1) is 11.6 Å². The maximum absolute atomic E-state index is 11.3. The van der Waals surface area contributed by atoms with Crippen molar-refractivity contribution >= 4 is 5.91 Å². The van der Waals surface area contributed by atoms with Gasteiger partial charge in [-0.15, -0.1) is 0 Å². The molecule has 4 nitrogen and oxygen atoms in total. The minimum absolute atomic E-state index is 0.0165. The van der Waals surface area contributed by atoms with Crippen LogP contribution in [0.25, 0.3) is 0 Å². The highest BCUT2D eigenvalue weighted by atomic mass is 16.3. The summed E-state index contributed by atoms with van der Waals surface area (Å²) in [6, 6.07) is 0. The molecule has 2 aliphatic rings. The predicted octanol–water partition coefficient (Wildman–Crippen LogP) is -1.32. The summed E-state index contributed by atoms with van der Waals surface area (Å²) in [5, 5.41) is 8.92. The first-order valence-electron chi connectivity index (χ1n) is 3.88. The van der Waals surface area contributed by atoms with Gasteiger partial charge in [-0.3, -0.25) is 4.79 Å². The Morgan fingerprint density at radius 1 is 1.55 bits per heavy atom. The molecule has 1 aliphatic carbocycles. The molecule has 1 saturated carbocycles. The lowest BCUT2D eigenvalue weighted by Gasteiger charge is -2.37. The number of hydrogen-bond acceptors (Lipinski definition) is 3. The summed E-state index contributed by atoms with van der Waals surface area (Å²) in [4.78, 5) is 13.0. The molecule has 2 rings (SSSR count). The number of nitrogens with zero attached hydrogens (tertiary/aromatic N) is 1. The zero-order chi connectivity index (χ0) is 8.06. The number of carbonyl (C=O) groups excluding carboxylic acids is 1. The average Bonchev–Trinajstić information content (AvgIpc) is 2.61. The van der Waals surface area contributed by atoms with E-state index in [2.05, 4.69) is 0 Å². The van der Waals surface area contributed by atoms with Crippen molar-refractivity contribution < 1.29 is 9.90 Å². The molecule has 1 amide bonds. The van der Waals surface area contributed by atoms with Crippen molar-refractivity contribution in [1.82, 2.24) is 4.90 Å². The Labute approximate surface area is 65.0 Å². The van der Waals surface area contributed by atoms with Crippen LogP contribution in [0.2, 0.25) is 0 Å². The van der Waals surface area contributed by atoms with Crippen LogP contribution in [-0.4, -0.2) is 40.6 Å². The molecule has 0 aromatic rings. The average molecular weight is 156 g/mol. The van der Waals surface area contributed by atoms with Crippen LogP contribution >= 0.6 is 0 Å². The number of β-amino-alcohol motifs (C(OH)–C–C–N with tert-alkyl or cyclic N) is 1. The second-order valence-electron chi connectivity index (χ2n) is 3.52. The van der Waals surface area contributed by atoms with Gasteiger partial charge in [-0.2, -0.15) is 0 Å². The Bertz CT molecular complexity index is 195. The summed E-state index contributed by atoms with van der Waals surface area (Å²) >= 11 is 0. The minimum atomic E-state index is -0.555. The van der Waals surface area contributed by atoms with Gasteiger partial charge in [0.15, 0.2) is 0 Å². The van der Waals surface area contributed by atoms with Gasteiger partial charge in [0, 0.05) is 13.1 Å². The summed E-state index contributed by atoms with van der Waals surface area (Å²) in [6.07, 6.45) is 1.29. The quantitative estimate of drug-likeness (QED) is 0.495. The lowest BCUT2D eigenvalue weighted by atomic mass is 10.1. The lowest BCUT2D eigenvalue weighted by Crippen LogP contribution is -2.58. The number of nitrogens with two attached hydrogens (primary N) is 1. The Balaban J connectivity index is 1.91. The van der Waals surface area contributed by atoms with Crippen LogP contribution in [0.3, 0.4) is 0 Å². The zero-order valence-electron chi connectivity index (χ0n) is 6.29. The fraction of sp³-hybridized carbons (Fsp3) is 0.857. The third-order valence-electron chi connectivity index (χ3n) is 2.36. The van der Waals surface area contributed by atoms with Crippen LogP contribution in [0.15, 0.2) is 0 Å². The molecule has 1 aliphatic heterocycles. The highest BCUT2D eigenvalue weighted by Crippen LogP contribution is 2.35. The van der Waals surface area contributed by atoms with Gasteiger partial charge in [-0.25, -0.2) is 0 Å².